The molecule has 5 nitrogen and oxygen atoms in total. The molecule has 0 aliphatic heterocycles. The van der Waals surface area contributed by atoms with E-state index in [0.717, 1.165) is 17.7 Å². The highest BCUT2D eigenvalue weighted by molar-refractivity contribution is 7.99. The SMILES string of the molecule is N#CCCCSc1nnc(-c2ccc(Cl)cc2)n1N. The number of thioether (sulfide) groups is 1. The van der Waals surface area contributed by atoms with E-state index >= 15 is 0 Å². The van der Waals surface area contributed by atoms with Crippen LogP contribution in [0.15, 0.2) is 29.4 Å². The Balaban J connectivity index is 2.10. The molecule has 0 radical (unpaired) electrons. The Morgan fingerprint density at radius 3 is 2.74 bits per heavy atom. The summed E-state index contributed by atoms with van der Waals surface area (Å²) >= 11 is 7.33. The van der Waals surface area contributed by atoms with Gasteiger partial charge in [0.25, 0.3) is 0 Å². The molecule has 0 saturated carbocycles. The van der Waals surface area contributed by atoms with Crippen molar-refractivity contribution in [2.75, 3.05) is 11.6 Å². The maximum Gasteiger partial charge on any atom is 0.210 e. The monoisotopic (exact) mass is 293 g/mol. The van der Waals surface area contributed by atoms with Crippen LogP contribution in [0.1, 0.15) is 12.8 Å². The van der Waals surface area contributed by atoms with Gasteiger partial charge in [-0.25, -0.2) is 4.68 Å². The average Bonchev–Trinajstić information content (AvgIpc) is 2.77. The lowest BCUT2D eigenvalue weighted by atomic mass is 10.2. The number of nitrogen functional groups attached to an aromatic ring is 1. The molecule has 0 saturated heterocycles. The molecule has 0 fully saturated rings. The zero-order chi connectivity index (χ0) is 13.7. The van der Waals surface area contributed by atoms with Crippen molar-refractivity contribution in [1.29, 1.82) is 5.26 Å². The molecule has 98 valence electrons. The van der Waals surface area contributed by atoms with E-state index in [4.69, 9.17) is 22.7 Å². The quantitative estimate of drug-likeness (QED) is 0.521. The molecule has 2 rings (SSSR count). The van der Waals surface area contributed by atoms with Gasteiger partial charge in [-0.05, 0) is 30.7 Å². The molecule has 0 atom stereocenters. The van der Waals surface area contributed by atoms with Crippen molar-refractivity contribution in [3.8, 4) is 17.5 Å². The summed E-state index contributed by atoms with van der Waals surface area (Å²) in [7, 11) is 0. The van der Waals surface area contributed by atoms with Gasteiger partial charge < -0.3 is 5.84 Å². The maximum absolute atomic E-state index is 8.47. The highest BCUT2D eigenvalue weighted by Crippen LogP contribution is 2.23. The molecule has 0 spiro atoms. The maximum atomic E-state index is 8.47. The summed E-state index contributed by atoms with van der Waals surface area (Å²) in [4.78, 5) is 0. The van der Waals surface area contributed by atoms with Crippen LogP contribution < -0.4 is 5.84 Å². The number of halogens is 1. The summed E-state index contributed by atoms with van der Waals surface area (Å²) in [6.45, 7) is 0. The summed E-state index contributed by atoms with van der Waals surface area (Å²) in [6, 6.07) is 9.37. The van der Waals surface area contributed by atoms with Gasteiger partial charge in [0.05, 0.1) is 6.07 Å². The minimum atomic E-state index is 0.537. The number of aromatic nitrogens is 3. The van der Waals surface area contributed by atoms with Crippen molar-refractivity contribution in [2.45, 2.75) is 18.0 Å². The van der Waals surface area contributed by atoms with Crippen molar-refractivity contribution >= 4 is 23.4 Å². The van der Waals surface area contributed by atoms with Crippen molar-refractivity contribution in [3.63, 3.8) is 0 Å². The van der Waals surface area contributed by atoms with Crippen LogP contribution in [0.5, 0.6) is 0 Å². The molecule has 0 amide bonds. The minimum Gasteiger partial charge on any atom is -0.335 e. The number of unbranched alkanes of at least 4 members (excludes halogenated alkanes) is 1. The van der Waals surface area contributed by atoms with Crippen molar-refractivity contribution < 1.29 is 0 Å². The summed E-state index contributed by atoms with van der Waals surface area (Å²) in [5.74, 6) is 7.35. The van der Waals surface area contributed by atoms with Gasteiger partial charge in [0.15, 0.2) is 5.82 Å². The number of hydrogen-bond donors (Lipinski definition) is 1. The lowest BCUT2D eigenvalue weighted by Gasteiger charge is -2.03. The van der Waals surface area contributed by atoms with Crippen LogP contribution >= 0.6 is 23.4 Å². The molecule has 0 aliphatic rings. The van der Waals surface area contributed by atoms with Gasteiger partial charge in [0.2, 0.25) is 5.16 Å². The smallest absolute Gasteiger partial charge is 0.210 e. The largest absolute Gasteiger partial charge is 0.335 e. The number of nitriles is 1. The van der Waals surface area contributed by atoms with Gasteiger partial charge in [-0.2, -0.15) is 5.26 Å². The first-order valence-electron chi connectivity index (χ1n) is 5.68. The molecule has 1 aromatic heterocycles. The van der Waals surface area contributed by atoms with Gasteiger partial charge in [0, 0.05) is 22.8 Å². The third-order valence-corrected chi connectivity index (χ3v) is 3.71. The van der Waals surface area contributed by atoms with Gasteiger partial charge >= 0.3 is 0 Å². The predicted molar refractivity (Wildman–Crippen MR) is 76.2 cm³/mol. The second kappa shape index (κ2) is 6.45. The second-order valence-corrected chi connectivity index (χ2v) is 5.29. The lowest BCUT2D eigenvalue weighted by molar-refractivity contribution is 0.846. The van der Waals surface area contributed by atoms with E-state index in [0.29, 0.717) is 22.4 Å². The van der Waals surface area contributed by atoms with E-state index in [1.54, 1.807) is 12.1 Å². The summed E-state index contributed by atoms with van der Waals surface area (Å²) in [5, 5.41) is 17.9. The molecule has 0 bridgehead atoms. The average molecular weight is 294 g/mol. The van der Waals surface area contributed by atoms with Crippen molar-refractivity contribution in [1.82, 2.24) is 14.9 Å². The van der Waals surface area contributed by atoms with E-state index in [1.807, 2.05) is 12.1 Å². The standard InChI is InChI=1S/C12H12ClN5S/c13-10-5-3-9(4-6-10)11-16-17-12(18(11)15)19-8-2-1-7-14/h3-6H,1-2,8,15H2. The van der Waals surface area contributed by atoms with E-state index in [-0.39, 0.29) is 0 Å². The number of hydrogen-bond acceptors (Lipinski definition) is 5. The van der Waals surface area contributed by atoms with Crippen LogP contribution in [0.2, 0.25) is 5.02 Å². The normalized spacial score (nSPS) is 10.3. The summed E-state index contributed by atoms with van der Waals surface area (Å²) < 4.78 is 1.46. The van der Waals surface area contributed by atoms with Gasteiger partial charge in [0.1, 0.15) is 0 Å². The Morgan fingerprint density at radius 1 is 1.32 bits per heavy atom. The summed E-state index contributed by atoms with van der Waals surface area (Å²) in [6.07, 6.45) is 1.35. The fourth-order valence-electron chi connectivity index (χ4n) is 1.49. The molecule has 7 heteroatoms. The molecular formula is C12H12ClN5S. The third-order valence-electron chi connectivity index (χ3n) is 2.43. The van der Waals surface area contributed by atoms with Crippen LogP contribution in [0.25, 0.3) is 11.4 Å². The minimum absolute atomic E-state index is 0.537. The fourth-order valence-corrected chi connectivity index (χ4v) is 2.41. The molecular weight excluding hydrogens is 282 g/mol. The summed E-state index contributed by atoms with van der Waals surface area (Å²) in [5.41, 5.74) is 0.864. The molecule has 0 unspecified atom stereocenters. The first-order valence-corrected chi connectivity index (χ1v) is 7.05. The highest BCUT2D eigenvalue weighted by atomic mass is 35.5. The zero-order valence-corrected chi connectivity index (χ0v) is 11.7. The van der Waals surface area contributed by atoms with Gasteiger partial charge in [-0.15, -0.1) is 10.2 Å². The zero-order valence-electron chi connectivity index (χ0n) is 10.1. The Kier molecular flexibility index (Phi) is 4.66. The van der Waals surface area contributed by atoms with Gasteiger partial charge in [-0.3, -0.25) is 0 Å². The lowest BCUT2D eigenvalue weighted by Crippen LogP contribution is -2.11. The first kappa shape index (κ1) is 13.7. The topological polar surface area (TPSA) is 80.5 Å². The molecule has 2 N–H and O–H groups in total. The predicted octanol–water partition coefficient (Wildman–Crippen LogP) is 2.71. The number of nitrogens with two attached hydrogens (primary N) is 1. The molecule has 0 aliphatic carbocycles. The van der Waals surface area contributed by atoms with Crippen molar-refractivity contribution in [3.05, 3.63) is 29.3 Å². The molecule has 2 aromatic rings. The molecule has 1 heterocycles. The van der Waals surface area contributed by atoms with Crippen LogP contribution in [-0.2, 0) is 0 Å². The number of rotatable bonds is 5. The Labute approximate surface area is 120 Å². The first-order chi connectivity index (χ1) is 9.22. The Bertz CT molecular complexity index is 587. The highest BCUT2D eigenvalue weighted by Gasteiger charge is 2.11. The van der Waals surface area contributed by atoms with Crippen LogP contribution in [0.4, 0.5) is 0 Å². The number of nitrogens with zero attached hydrogens (tertiary/aromatic N) is 4. The van der Waals surface area contributed by atoms with Crippen molar-refractivity contribution in [2.24, 2.45) is 0 Å². The van der Waals surface area contributed by atoms with E-state index in [2.05, 4.69) is 16.3 Å². The van der Waals surface area contributed by atoms with Crippen LogP contribution in [-0.4, -0.2) is 20.6 Å². The van der Waals surface area contributed by atoms with E-state index < -0.39 is 0 Å². The fraction of sp³-hybridized carbons (Fsp3) is 0.250. The van der Waals surface area contributed by atoms with E-state index in [1.165, 1.54) is 16.4 Å². The van der Waals surface area contributed by atoms with Crippen LogP contribution in [0, 0.1) is 11.3 Å². The third kappa shape index (κ3) is 3.40. The Morgan fingerprint density at radius 2 is 2.05 bits per heavy atom. The Hall–Kier alpha value is -1.71. The van der Waals surface area contributed by atoms with Crippen LogP contribution in [0.3, 0.4) is 0 Å². The molecule has 1 aromatic carbocycles. The molecule has 19 heavy (non-hydrogen) atoms. The van der Waals surface area contributed by atoms with E-state index in [9.17, 15) is 0 Å². The number of benzene rings is 1. The second-order valence-electron chi connectivity index (χ2n) is 3.79. The van der Waals surface area contributed by atoms with Gasteiger partial charge in [-0.1, -0.05) is 23.4 Å².